The number of carboxylic acid groups (broad SMARTS) is 1. The maximum absolute atomic E-state index is 11.8. The number of carboxylic acids is 1. The Labute approximate surface area is 117 Å². The minimum absolute atomic E-state index is 0.212. The Hall–Kier alpha value is -1.75. The molecule has 1 aromatic rings. The van der Waals surface area contributed by atoms with Crippen molar-refractivity contribution in [3.05, 3.63) is 28.8 Å². The van der Waals surface area contributed by atoms with Crippen molar-refractivity contribution in [3.63, 3.8) is 0 Å². The Balaban J connectivity index is 2.74. The summed E-state index contributed by atoms with van der Waals surface area (Å²) in [4.78, 5) is 22.7. The summed E-state index contributed by atoms with van der Waals surface area (Å²) < 4.78 is 0. The summed E-state index contributed by atoms with van der Waals surface area (Å²) in [5, 5.41) is 14.3. The third kappa shape index (κ3) is 4.44. The van der Waals surface area contributed by atoms with Crippen LogP contribution in [0.4, 0.5) is 10.5 Å². The number of aryl methyl sites for hydroxylation is 1. The maximum atomic E-state index is 11.8. The number of hydrogen-bond donors (Lipinski definition) is 3. The first-order valence-corrected chi connectivity index (χ1v) is 6.25. The van der Waals surface area contributed by atoms with Crippen molar-refractivity contribution in [1.29, 1.82) is 0 Å². The predicted molar refractivity (Wildman–Crippen MR) is 74.6 cm³/mol. The van der Waals surface area contributed by atoms with E-state index < -0.39 is 18.0 Å². The third-order valence-electron chi connectivity index (χ3n) is 2.59. The SMILES string of the molecule is Cc1ccc(Cl)c(NC(=O)N[C@@H](C(=O)O)C(C)C)c1. The summed E-state index contributed by atoms with van der Waals surface area (Å²) in [5.41, 5.74) is 1.39. The van der Waals surface area contributed by atoms with E-state index in [1.54, 1.807) is 26.0 Å². The van der Waals surface area contributed by atoms with Gasteiger partial charge in [0.05, 0.1) is 10.7 Å². The average Bonchev–Trinajstić information content (AvgIpc) is 2.30. The molecule has 0 aromatic heterocycles. The Morgan fingerprint density at radius 2 is 1.95 bits per heavy atom. The fourth-order valence-corrected chi connectivity index (χ4v) is 1.71. The van der Waals surface area contributed by atoms with Gasteiger partial charge in [-0.05, 0) is 30.5 Å². The molecule has 6 heteroatoms. The fourth-order valence-electron chi connectivity index (χ4n) is 1.55. The highest BCUT2D eigenvalue weighted by molar-refractivity contribution is 6.33. The molecule has 0 aliphatic carbocycles. The van der Waals surface area contributed by atoms with Crippen LogP contribution in [-0.4, -0.2) is 23.1 Å². The summed E-state index contributed by atoms with van der Waals surface area (Å²) in [6, 6.07) is 3.67. The number of anilines is 1. The number of nitrogens with one attached hydrogen (secondary N) is 2. The molecule has 1 atom stereocenters. The number of benzene rings is 1. The van der Waals surface area contributed by atoms with E-state index in [1.807, 2.05) is 13.0 Å². The van der Waals surface area contributed by atoms with Crippen LogP contribution in [0, 0.1) is 12.8 Å². The minimum Gasteiger partial charge on any atom is -0.480 e. The molecule has 2 amide bonds. The van der Waals surface area contributed by atoms with E-state index in [9.17, 15) is 9.59 Å². The fraction of sp³-hybridized carbons (Fsp3) is 0.385. The molecule has 0 aliphatic rings. The molecule has 0 aliphatic heterocycles. The number of urea groups is 1. The lowest BCUT2D eigenvalue weighted by Crippen LogP contribution is -2.46. The van der Waals surface area contributed by atoms with Gasteiger partial charge in [-0.3, -0.25) is 0 Å². The number of halogens is 1. The molecule has 104 valence electrons. The van der Waals surface area contributed by atoms with Gasteiger partial charge in [-0.25, -0.2) is 9.59 Å². The van der Waals surface area contributed by atoms with Gasteiger partial charge in [0, 0.05) is 0 Å². The number of hydrogen-bond acceptors (Lipinski definition) is 2. The standard InChI is InChI=1S/C13H17ClN2O3/c1-7(2)11(12(17)18)16-13(19)15-10-6-8(3)4-5-9(10)14/h4-7,11H,1-3H3,(H,17,18)(H2,15,16,19)/t11-/m1/s1. The highest BCUT2D eigenvalue weighted by atomic mass is 35.5. The normalized spacial score (nSPS) is 12.1. The molecule has 1 aromatic carbocycles. The lowest BCUT2D eigenvalue weighted by Gasteiger charge is -2.18. The van der Waals surface area contributed by atoms with Crippen molar-refractivity contribution >= 4 is 29.3 Å². The Morgan fingerprint density at radius 3 is 2.47 bits per heavy atom. The van der Waals surface area contributed by atoms with Crippen molar-refractivity contribution in [2.75, 3.05) is 5.32 Å². The molecule has 0 unspecified atom stereocenters. The van der Waals surface area contributed by atoms with E-state index >= 15 is 0 Å². The number of rotatable bonds is 4. The monoisotopic (exact) mass is 284 g/mol. The van der Waals surface area contributed by atoms with Gasteiger partial charge in [0.2, 0.25) is 0 Å². The van der Waals surface area contributed by atoms with Crippen molar-refractivity contribution in [2.45, 2.75) is 26.8 Å². The molecule has 0 saturated carbocycles. The molecule has 19 heavy (non-hydrogen) atoms. The van der Waals surface area contributed by atoms with E-state index in [0.29, 0.717) is 10.7 Å². The zero-order valence-electron chi connectivity index (χ0n) is 11.0. The lowest BCUT2D eigenvalue weighted by atomic mass is 10.1. The number of carbonyl (C=O) groups excluding carboxylic acids is 1. The number of amides is 2. The molecule has 0 saturated heterocycles. The largest absolute Gasteiger partial charge is 0.480 e. The second kappa shape index (κ2) is 6.43. The molecular weight excluding hydrogens is 268 g/mol. The van der Waals surface area contributed by atoms with Gasteiger partial charge in [-0.15, -0.1) is 0 Å². The molecule has 0 heterocycles. The van der Waals surface area contributed by atoms with E-state index in [0.717, 1.165) is 5.56 Å². The van der Waals surface area contributed by atoms with Crippen molar-refractivity contribution in [2.24, 2.45) is 5.92 Å². The molecule has 3 N–H and O–H groups in total. The van der Waals surface area contributed by atoms with Crippen LogP contribution in [0.15, 0.2) is 18.2 Å². The summed E-state index contributed by atoms with van der Waals surface area (Å²) in [5.74, 6) is -1.28. The zero-order chi connectivity index (χ0) is 14.6. The number of carbonyl (C=O) groups is 2. The predicted octanol–water partition coefficient (Wildman–Crippen LogP) is 2.88. The van der Waals surface area contributed by atoms with Crippen LogP contribution in [0.5, 0.6) is 0 Å². The second-order valence-electron chi connectivity index (χ2n) is 4.64. The summed E-state index contributed by atoms with van der Waals surface area (Å²) in [6.07, 6.45) is 0. The summed E-state index contributed by atoms with van der Waals surface area (Å²) in [6.45, 7) is 5.31. The van der Waals surface area contributed by atoms with Gasteiger partial charge in [-0.2, -0.15) is 0 Å². The lowest BCUT2D eigenvalue weighted by molar-refractivity contribution is -0.140. The van der Waals surface area contributed by atoms with Crippen LogP contribution in [0.2, 0.25) is 5.02 Å². The summed E-state index contributed by atoms with van der Waals surface area (Å²) in [7, 11) is 0. The van der Waals surface area contributed by atoms with Crippen molar-refractivity contribution in [1.82, 2.24) is 5.32 Å². The smallest absolute Gasteiger partial charge is 0.326 e. The first-order valence-electron chi connectivity index (χ1n) is 5.87. The Kier molecular flexibility index (Phi) is 5.18. The Morgan fingerprint density at radius 1 is 1.32 bits per heavy atom. The van der Waals surface area contributed by atoms with Crippen LogP contribution in [-0.2, 0) is 4.79 Å². The van der Waals surface area contributed by atoms with Gasteiger partial charge in [0.15, 0.2) is 0 Å². The van der Waals surface area contributed by atoms with E-state index in [2.05, 4.69) is 10.6 Å². The highest BCUT2D eigenvalue weighted by Gasteiger charge is 2.23. The van der Waals surface area contributed by atoms with E-state index in [1.165, 1.54) is 0 Å². The van der Waals surface area contributed by atoms with Crippen LogP contribution in [0.1, 0.15) is 19.4 Å². The molecule has 0 spiro atoms. The van der Waals surface area contributed by atoms with Gasteiger partial charge in [0.25, 0.3) is 0 Å². The topological polar surface area (TPSA) is 78.4 Å². The minimum atomic E-state index is -1.07. The van der Waals surface area contributed by atoms with Gasteiger partial charge in [0.1, 0.15) is 6.04 Å². The van der Waals surface area contributed by atoms with Crippen molar-refractivity contribution < 1.29 is 14.7 Å². The van der Waals surface area contributed by atoms with Crippen LogP contribution >= 0.6 is 11.6 Å². The molecule has 1 rings (SSSR count). The highest BCUT2D eigenvalue weighted by Crippen LogP contribution is 2.22. The second-order valence-corrected chi connectivity index (χ2v) is 5.05. The van der Waals surface area contributed by atoms with E-state index in [4.69, 9.17) is 16.7 Å². The Bertz CT molecular complexity index is 489. The zero-order valence-corrected chi connectivity index (χ0v) is 11.8. The van der Waals surface area contributed by atoms with Gasteiger partial charge < -0.3 is 15.7 Å². The molecule has 5 nitrogen and oxygen atoms in total. The average molecular weight is 285 g/mol. The first kappa shape index (κ1) is 15.3. The molecule has 0 radical (unpaired) electrons. The quantitative estimate of drug-likeness (QED) is 0.795. The van der Waals surface area contributed by atoms with Gasteiger partial charge in [-0.1, -0.05) is 31.5 Å². The van der Waals surface area contributed by atoms with Gasteiger partial charge >= 0.3 is 12.0 Å². The van der Waals surface area contributed by atoms with Crippen LogP contribution < -0.4 is 10.6 Å². The van der Waals surface area contributed by atoms with Crippen LogP contribution in [0.25, 0.3) is 0 Å². The maximum Gasteiger partial charge on any atom is 0.326 e. The summed E-state index contributed by atoms with van der Waals surface area (Å²) >= 11 is 5.94. The first-order chi connectivity index (χ1) is 8.81. The van der Waals surface area contributed by atoms with Crippen LogP contribution in [0.3, 0.4) is 0 Å². The molecule has 0 bridgehead atoms. The third-order valence-corrected chi connectivity index (χ3v) is 2.92. The number of aliphatic carboxylic acids is 1. The van der Waals surface area contributed by atoms with Crippen molar-refractivity contribution in [3.8, 4) is 0 Å². The molecular formula is C13H17ClN2O3. The van der Waals surface area contributed by atoms with E-state index in [-0.39, 0.29) is 5.92 Å². The molecule has 0 fully saturated rings.